The Morgan fingerprint density at radius 2 is 1.65 bits per heavy atom. The predicted octanol–water partition coefficient (Wildman–Crippen LogP) is 4.73. The van der Waals surface area contributed by atoms with Crippen molar-refractivity contribution in [3.63, 3.8) is 0 Å². The zero-order valence-electron chi connectivity index (χ0n) is 9.97. The van der Waals surface area contributed by atoms with Gasteiger partial charge >= 0.3 is 0 Å². The summed E-state index contributed by atoms with van der Waals surface area (Å²) in [5, 5.41) is 1.28. The van der Waals surface area contributed by atoms with Crippen molar-refractivity contribution in [2.24, 2.45) is 0 Å². The van der Waals surface area contributed by atoms with Crippen LogP contribution >= 0.6 is 24.2 Å². The average Bonchev–Trinajstić information content (AvgIpc) is 2.30. The minimum absolute atomic E-state index is 0.528. The number of thiol groups is 1. The minimum Gasteiger partial charge on any atom is -0.256 e. The third kappa shape index (κ3) is 5.76. The maximum Gasteiger partial charge on any atom is 0.0701 e. The monoisotopic (exact) mass is 265 g/mol. The topological polar surface area (TPSA) is 12.9 Å². The summed E-state index contributed by atoms with van der Waals surface area (Å²) in [6.07, 6.45) is 1.78. The number of rotatable bonds is 1. The molecular weight excluding hydrogens is 250 g/mol. The highest BCUT2D eigenvalue weighted by Crippen LogP contribution is 2.18. The molecule has 0 unspecified atom stereocenters. The molecule has 0 atom stereocenters. The summed E-state index contributed by atoms with van der Waals surface area (Å²) < 4.78 is 0. The van der Waals surface area contributed by atoms with Gasteiger partial charge in [0.15, 0.2) is 0 Å². The fourth-order valence-electron chi connectivity index (χ4n) is 1.15. The van der Waals surface area contributed by atoms with E-state index in [1.54, 1.807) is 6.20 Å². The highest BCUT2D eigenvalue weighted by molar-refractivity contribution is 7.80. The van der Waals surface area contributed by atoms with Crippen LogP contribution in [0.25, 0.3) is 11.3 Å². The van der Waals surface area contributed by atoms with E-state index in [0.717, 1.165) is 16.3 Å². The molecule has 0 aliphatic rings. The van der Waals surface area contributed by atoms with E-state index >= 15 is 0 Å². The summed E-state index contributed by atoms with van der Waals surface area (Å²) in [4.78, 5) is 4.24. The molecule has 0 fully saturated rings. The van der Waals surface area contributed by atoms with Gasteiger partial charge in [-0.25, -0.2) is 0 Å². The molecule has 0 saturated heterocycles. The molecule has 17 heavy (non-hydrogen) atoms. The zero-order chi connectivity index (χ0) is 12.7. The quantitative estimate of drug-likeness (QED) is 0.736. The van der Waals surface area contributed by atoms with Gasteiger partial charge in [-0.1, -0.05) is 43.6 Å². The van der Waals surface area contributed by atoms with E-state index in [-0.39, 0.29) is 0 Å². The van der Waals surface area contributed by atoms with E-state index in [1.165, 1.54) is 0 Å². The van der Waals surface area contributed by atoms with Gasteiger partial charge in [-0.15, -0.1) is 0 Å². The molecule has 0 radical (unpaired) electrons. The molecule has 0 aliphatic heterocycles. The van der Waals surface area contributed by atoms with E-state index in [1.807, 2.05) is 56.3 Å². The van der Waals surface area contributed by atoms with Gasteiger partial charge in [0.25, 0.3) is 0 Å². The Morgan fingerprint density at radius 3 is 2.12 bits per heavy atom. The normalized spacial score (nSPS) is 9.71. The van der Waals surface area contributed by atoms with Crippen molar-refractivity contribution < 1.29 is 0 Å². The van der Waals surface area contributed by atoms with Crippen LogP contribution in [-0.2, 0) is 0 Å². The van der Waals surface area contributed by atoms with Crippen molar-refractivity contribution >= 4 is 24.2 Å². The van der Waals surface area contributed by atoms with E-state index in [2.05, 4.69) is 17.6 Å². The van der Waals surface area contributed by atoms with Crippen molar-refractivity contribution in [3.8, 4) is 11.3 Å². The van der Waals surface area contributed by atoms with Gasteiger partial charge < -0.3 is 0 Å². The summed E-state index contributed by atoms with van der Waals surface area (Å²) in [6, 6.07) is 13.5. The molecule has 0 spiro atoms. The SMILES string of the molecule is CC(C)S.Clc1ccc(-c2ccccn2)cc1. The first-order valence-corrected chi connectivity index (χ1v) is 6.34. The number of pyridine rings is 1. The number of hydrogen-bond acceptors (Lipinski definition) is 2. The van der Waals surface area contributed by atoms with Crippen molar-refractivity contribution in [2.45, 2.75) is 19.1 Å². The van der Waals surface area contributed by atoms with Crippen LogP contribution in [-0.4, -0.2) is 10.2 Å². The van der Waals surface area contributed by atoms with Crippen LogP contribution < -0.4 is 0 Å². The van der Waals surface area contributed by atoms with Gasteiger partial charge in [0.1, 0.15) is 0 Å². The van der Waals surface area contributed by atoms with Gasteiger partial charge in [-0.05, 0) is 29.5 Å². The molecule has 1 heterocycles. The molecule has 1 aromatic carbocycles. The summed E-state index contributed by atoms with van der Waals surface area (Å²) in [5.41, 5.74) is 2.06. The molecule has 0 amide bonds. The molecule has 0 aliphatic carbocycles. The Morgan fingerprint density at radius 1 is 1.06 bits per heavy atom. The highest BCUT2D eigenvalue weighted by Gasteiger charge is 1.96. The van der Waals surface area contributed by atoms with Crippen LogP contribution in [0.15, 0.2) is 48.7 Å². The van der Waals surface area contributed by atoms with Crippen molar-refractivity contribution in [3.05, 3.63) is 53.7 Å². The first-order valence-electron chi connectivity index (χ1n) is 5.44. The second-order valence-corrected chi connectivity index (χ2v) is 5.28. The second kappa shape index (κ2) is 7.36. The second-order valence-electron chi connectivity index (χ2n) is 3.82. The van der Waals surface area contributed by atoms with Gasteiger partial charge in [0.05, 0.1) is 5.69 Å². The van der Waals surface area contributed by atoms with E-state index in [9.17, 15) is 0 Å². The Hall–Kier alpha value is -0.990. The standard InChI is InChI=1S/C11H8ClN.C3H8S/c12-10-6-4-9(5-7-10)11-3-1-2-8-13-11;1-3(2)4/h1-8H;3-4H,1-2H3. The molecule has 2 rings (SSSR count). The fraction of sp³-hybridized carbons (Fsp3) is 0.214. The summed E-state index contributed by atoms with van der Waals surface area (Å²) >= 11 is 9.74. The van der Waals surface area contributed by atoms with Crippen molar-refractivity contribution in [1.29, 1.82) is 0 Å². The lowest BCUT2D eigenvalue weighted by atomic mass is 10.1. The predicted molar refractivity (Wildman–Crippen MR) is 78.8 cm³/mol. The molecule has 2 aromatic rings. The maximum absolute atomic E-state index is 5.78. The van der Waals surface area contributed by atoms with Gasteiger partial charge in [-0.2, -0.15) is 12.6 Å². The molecule has 90 valence electrons. The van der Waals surface area contributed by atoms with Crippen LogP contribution in [0.1, 0.15) is 13.8 Å². The summed E-state index contributed by atoms with van der Waals surface area (Å²) in [7, 11) is 0. The van der Waals surface area contributed by atoms with Gasteiger partial charge in [0.2, 0.25) is 0 Å². The first kappa shape index (κ1) is 14.1. The maximum atomic E-state index is 5.78. The van der Waals surface area contributed by atoms with E-state index < -0.39 is 0 Å². The van der Waals surface area contributed by atoms with Crippen LogP contribution in [0, 0.1) is 0 Å². The van der Waals surface area contributed by atoms with Crippen molar-refractivity contribution in [2.75, 3.05) is 0 Å². The van der Waals surface area contributed by atoms with Gasteiger partial charge in [0, 0.05) is 16.8 Å². The molecular formula is C14H16ClNS. The molecule has 3 heteroatoms. The molecule has 0 bridgehead atoms. The summed E-state index contributed by atoms with van der Waals surface area (Å²) in [6.45, 7) is 4.06. The number of aromatic nitrogens is 1. The smallest absolute Gasteiger partial charge is 0.0701 e. The number of hydrogen-bond donors (Lipinski definition) is 1. The number of benzene rings is 1. The minimum atomic E-state index is 0.528. The summed E-state index contributed by atoms with van der Waals surface area (Å²) in [5.74, 6) is 0. The fourth-order valence-corrected chi connectivity index (χ4v) is 1.28. The van der Waals surface area contributed by atoms with Crippen LogP contribution in [0.5, 0.6) is 0 Å². The Labute approximate surface area is 113 Å². The Bertz CT molecular complexity index is 423. The molecule has 0 saturated carbocycles. The first-order chi connectivity index (χ1) is 8.09. The van der Waals surface area contributed by atoms with E-state index in [0.29, 0.717) is 5.25 Å². The van der Waals surface area contributed by atoms with E-state index in [4.69, 9.17) is 11.6 Å². The highest BCUT2D eigenvalue weighted by atomic mass is 35.5. The largest absolute Gasteiger partial charge is 0.256 e. The average molecular weight is 266 g/mol. The Kier molecular flexibility index (Phi) is 6.09. The molecule has 1 aromatic heterocycles. The van der Waals surface area contributed by atoms with Crippen LogP contribution in [0.3, 0.4) is 0 Å². The van der Waals surface area contributed by atoms with Gasteiger partial charge in [-0.3, -0.25) is 4.98 Å². The van der Waals surface area contributed by atoms with Crippen LogP contribution in [0.2, 0.25) is 5.02 Å². The van der Waals surface area contributed by atoms with Crippen molar-refractivity contribution in [1.82, 2.24) is 4.98 Å². The number of nitrogens with zero attached hydrogens (tertiary/aromatic N) is 1. The lowest BCUT2D eigenvalue weighted by Crippen LogP contribution is -1.80. The van der Waals surface area contributed by atoms with Crippen LogP contribution in [0.4, 0.5) is 0 Å². The molecule has 1 nitrogen and oxygen atoms in total. The third-order valence-electron chi connectivity index (χ3n) is 1.80. The third-order valence-corrected chi connectivity index (χ3v) is 2.06. The molecule has 0 N–H and O–H groups in total. The Balaban J connectivity index is 0.000000317. The zero-order valence-corrected chi connectivity index (χ0v) is 11.6. The number of halogens is 1. The lowest BCUT2D eigenvalue weighted by molar-refractivity contribution is 1.13. The lowest BCUT2D eigenvalue weighted by Gasteiger charge is -1.98.